The van der Waals surface area contributed by atoms with E-state index in [2.05, 4.69) is 24.7 Å². The minimum Gasteiger partial charge on any atom is -0.381 e. The highest BCUT2D eigenvalue weighted by molar-refractivity contribution is 5.99. The molecule has 0 fully saturated rings. The lowest BCUT2D eigenvalue weighted by atomic mass is 10.5. The van der Waals surface area contributed by atoms with Gasteiger partial charge in [-0.3, -0.25) is 0 Å². The minimum absolute atomic E-state index is 0.197. The fourth-order valence-electron chi connectivity index (χ4n) is 0.984. The standard InChI is InChI=1S/C10H6N4O3/c15-9(7-11-3-1-4-12-7)17-10(16)8-13-5-2-6-14-8/h1-6H. The van der Waals surface area contributed by atoms with Crippen LogP contribution in [0.4, 0.5) is 0 Å². The van der Waals surface area contributed by atoms with E-state index in [0.29, 0.717) is 0 Å². The van der Waals surface area contributed by atoms with E-state index in [4.69, 9.17) is 0 Å². The van der Waals surface area contributed by atoms with Gasteiger partial charge >= 0.3 is 11.9 Å². The Balaban J connectivity index is 2.08. The summed E-state index contributed by atoms with van der Waals surface area (Å²) in [5.74, 6) is -2.28. The van der Waals surface area contributed by atoms with Crippen LogP contribution in [0.1, 0.15) is 21.2 Å². The maximum absolute atomic E-state index is 11.4. The third kappa shape index (κ3) is 2.65. The smallest absolute Gasteiger partial charge is 0.381 e. The van der Waals surface area contributed by atoms with E-state index in [1.807, 2.05) is 0 Å². The number of carbonyl (C=O) groups excluding carboxylic acids is 2. The Morgan fingerprint density at radius 3 is 1.47 bits per heavy atom. The molecule has 2 aromatic rings. The molecule has 7 heteroatoms. The second-order valence-corrected chi connectivity index (χ2v) is 2.82. The third-order valence-electron chi connectivity index (χ3n) is 1.68. The molecule has 0 radical (unpaired) electrons. The quantitative estimate of drug-likeness (QED) is 0.539. The van der Waals surface area contributed by atoms with Crippen molar-refractivity contribution in [2.24, 2.45) is 0 Å². The zero-order valence-corrected chi connectivity index (χ0v) is 8.48. The number of nitrogens with zero attached hydrogens (tertiary/aromatic N) is 4. The first-order valence-electron chi connectivity index (χ1n) is 4.58. The normalized spacial score (nSPS) is 9.65. The van der Waals surface area contributed by atoms with Gasteiger partial charge < -0.3 is 4.74 Å². The molecule has 0 amide bonds. The number of aromatic nitrogens is 4. The van der Waals surface area contributed by atoms with Gasteiger partial charge in [0.15, 0.2) is 0 Å². The molecule has 2 aromatic heterocycles. The van der Waals surface area contributed by atoms with Gasteiger partial charge in [0, 0.05) is 24.8 Å². The monoisotopic (exact) mass is 230 g/mol. The summed E-state index contributed by atoms with van der Waals surface area (Å²) in [6.07, 6.45) is 5.47. The Bertz CT molecular complexity index is 480. The van der Waals surface area contributed by atoms with Crippen molar-refractivity contribution in [1.29, 1.82) is 0 Å². The summed E-state index contributed by atoms with van der Waals surface area (Å²) in [4.78, 5) is 37.4. The van der Waals surface area contributed by atoms with Crippen molar-refractivity contribution >= 4 is 11.9 Å². The molecule has 0 N–H and O–H groups in total. The van der Waals surface area contributed by atoms with Crippen molar-refractivity contribution in [3.05, 3.63) is 48.6 Å². The molecule has 0 saturated carbocycles. The fraction of sp³-hybridized carbons (Fsp3) is 0. The number of esters is 2. The molecular weight excluding hydrogens is 224 g/mol. The summed E-state index contributed by atoms with van der Waals surface area (Å²) in [6, 6.07) is 3.08. The van der Waals surface area contributed by atoms with E-state index >= 15 is 0 Å². The number of ether oxygens (including phenoxy) is 1. The maximum atomic E-state index is 11.4. The summed E-state index contributed by atoms with van der Waals surface area (Å²) in [5, 5.41) is 0. The van der Waals surface area contributed by atoms with Crippen LogP contribution < -0.4 is 0 Å². The van der Waals surface area contributed by atoms with Gasteiger partial charge in [0.05, 0.1) is 0 Å². The van der Waals surface area contributed by atoms with Gasteiger partial charge in [0.1, 0.15) is 0 Å². The molecule has 0 aliphatic rings. The van der Waals surface area contributed by atoms with Crippen molar-refractivity contribution in [3.63, 3.8) is 0 Å². The SMILES string of the molecule is O=C(OC(=O)c1ncccn1)c1ncccn1. The van der Waals surface area contributed by atoms with E-state index in [1.165, 1.54) is 24.8 Å². The summed E-state index contributed by atoms with van der Waals surface area (Å²) >= 11 is 0. The average Bonchev–Trinajstić information content (AvgIpc) is 2.40. The molecule has 0 saturated heterocycles. The lowest BCUT2D eigenvalue weighted by Crippen LogP contribution is -2.17. The van der Waals surface area contributed by atoms with E-state index in [1.54, 1.807) is 12.1 Å². The van der Waals surface area contributed by atoms with Crippen molar-refractivity contribution in [1.82, 2.24) is 19.9 Å². The Morgan fingerprint density at radius 1 is 0.765 bits per heavy atom. The first kappa shape index (κ1) is 10.8. The summed E-state index contributed by atoms with van der Waals surface area (Å²) < 4.78 is 4.49. The first-order valence-corrected chi connectivity index (χ1v) is 4.58. The highest BCUT2D eigenvalue weighted by atomic mass is 16.6. The van der Waals surface area contributed by atoms with Crippen molar-refractivity contribution in [3.8, 4) is 0 Å². The Morgan fingerprint density at radius 2 is 1.12 bits per heavy atom. The third-order valence-corrected chi connectivity index (χ3v) is 1.68. The lowest BCUT2D eigenvalue weighted by molar-refractivity contribution is 0.0380. The van der Waals surface area contributed by atoms with Gasteiger partial charge in [0.25, 0.3) is 0 Å². The predicted molar refractivity (Wildman–Crippen MR) is 53.8 cm³/mol. The van der Waals surface area contributed by atoms with Gasteiger partial charge in [-0.1, -0.05) is 0 Å². The zero-order chi connectivity index (χ0) is 12.1. The first-order chi connectivity index (χ1) is 8.27. The molecule has 0 atom stereocenters. The van der Waals surface area contributed by atoms with Gasteiger partial charge in [-0.15, -0.1) is 0 Å². The van der Waals surface area contributed by atoms with E-state index in [-0.39, 0.29) is 11.6 Å². The fourth-order valence-corrected chi connectivity index (χ4v) is 0.984. The van der Waals surface area contributed by atoms with Crippen LogP contribution in [-0.2, 0) is 4.74 Å². The van der Waals surface area contributed by atoms with Crippen LogP contribution in [0.15, 0.2) is 36.9 Å². The van der Waals surface area contributed by atoms with Crippen molar-refractivity contribution in [2.75, 3.05) is 0 Å². The molecule has 0 aliphatic heterocycles. The summed E-state index contributed by atoms with van der Waals surface area (Å²) in [7, 11) is 0. The van der Waals surface area contributed by atoms with E-state index < -0.39 is 11.9 Å². The molecule has 17 heavy (non-hydrogen) atoms. The molecule has 2 heterocycles. The van der Waals surface area contributed by atoms with E-state index in [9.17, 15) is 9.59 Å². The van der Waals surface area contributed by atoms with Crippen LogP contribution in [0.2, 0.25) is 0 Å². The second kappa shape index (κ2) is 4.88. The van der Waals surface area contributed by atoms with E-state index in [0.717, 1.165) is 0 Å². The molecule has 7 nitrogen and oxygen atoms in total. The van der Waals surface area contributed by atoms with Gasteiger partial charge in [-0.2, -0.15) is 0 Å². The average molecular weight is 230 g/mol. The van der Waals surface area contributed by atoms with Crippen LogP contribution in [0.5, 0.6) is 0 Å². The van der Waals surface area contributed by atoms with Gasteiger partial charge in [-0.25, -0.2) is 29.5 Å². The molecule has 0 aliphatic carbocycles. The van der Waals surface area contributed by atoms with Gasteiger partial charge in [0.2, 0.25) is 11.6 Å². The van der Waals surface area contributed by atoms with Gasteiger partial charge in [-0.05, 0) is 12.1 Å². The highest BCUT2D eigenvalue weighted by Gasteiger charge is 2.18. The van der Waals surface area contributed by atoms with Crippen LogP contribution in [0.25, 0.3) is 0 Å². The maximum Gasteiger partial charge on any atom is 0.384 e. The zero-order valence-electron chi connectivity index (χ0n) is 8.48. The Labute approximate surface area is 95.5 Å². The van der Waals surface area contributed by atoms with Crippen molar-refractivity contribution in [2.45, 2.75) is 0 Å². The lowest BCUT2D eigenvalue weighted by Gasteiger charge is -1.99. The Kier molecular flexibility index (Phi) is 3.10. The number of hydrogen-bond acceptors (Lipinski definition) is 7. The van der Waals surface area contributed by atoms with Crippen LogP contribution in [-0.4, -0.2) is 31.9 Å². The van der Waals surface area contributed by atoms with Crippen LogP contribution in [0.3, 0.4) is 0 Å². The molecule has 0 unspecified atom stereocenters. The van der Waals surface area contributed by atoms with Crippen molar-refractivity contribution < 1.29 is 14.3 Å². The molecule has 0 spiro atoms. The number of rotatable bonds is 2. The molecule has 84 valence electrons. The molecular formula is C10H6N4O3. The molecule has 0 aromatic carbocycles. The molecule has 2 rings (SSSR count). The van der Waals surface area contributed by atoms with Crippen LogP contribution in [0, 0.1) is 0 Å². The summed E-state index contributed by atoms with van der Waals surface area (Å²) in [5.41, 5.74) is 0. The Hall–Kier alpha value is -2.70. The minimum atomic E-state index is -0.942. The molecule has 0 bridgehead atoms. The number of hydrogen-bond donors (Lipinski definition) is 0. The largest absolute Gasteiger partial charge is 0.384 e. The second-order valence-electron chi connectivity index (χ2n) is 2.82. The topological polar surface area (TPSA) is 94.9 Å². The summed E-state index contributed by atoms with van der Waals surface area (Å²) in [6.45, 7) is 0. The predicted octanol–water partition coefficient (Wildman–Crippen LogP) is 0.264. The van der Waals surface area contributed by atoms with Crippen LogP contribution >= 0.6 is 0 Å². The highest BCUT2D eigenvalue weighted by Crippen LogP contribution is 1.97. The number of carbonyl (C=O) groups is 2.